The lowest BCUT2D eigenvalue weighted by molar-refractivity contribution is 0.100. The van der Waals surface area contributed by atoms with Crippen LogP contribution in [0.25, 0.3) is 0 Å². The zero-order valence-corrected chi connectivity index (χ0v) is 12.9. The van der Waals surface area contributed by atoms with Gasteiger partial charge < -0.3 is 11.1 Å². The maximum absolute atomic E-state index is 12.2. The molecule has 0 atom stereocenters. The summed E-state index contributed by atoms with van der Waals surface area (Å²) in [6, 6.07) is 6.80. The van der Waals surface area contributed by atoms with Crippen molar-refractivity contribution in [2.24, 2.45) is 11.7 Å². The van der Waals surface area contributed by atoms with Gasteiger partial charge in [0.15, 0.2) is 9.84 Å². The van der Waals surface area contributed by atoms with E-state index >= 15 is 0 Å². The van der Waals surface area contributed by atoms with Gasteiger partial charge in [-0.1, -0.05) is 12.1 Å². The second-order valence-electron chi connectivity index (χ2n) is 5.62. The Bertz CT molecular complexity index is 575. The summed E-state index contributed by atoms with van der Waals surface area (Å²) in [6.45, 7) is 1.82. The van der Waals surface area contributed by atoms with Crippen LogP contribution in [-0.2, 0) is 16.3 Å². The lowest BCUT2D eigenvalue weighted by Gasteiger charge is -2.22. The second-order valence-corrected chi connectivity index (χ2v) is 7.85. The number of amides is 1. The number of hydrogen-bond donors (Lipinski definition) is 2. The first kappa shape index (κ1) is 16.0. The molecule has 0 aromatic heterocycles. The number of sulfone groups is 1. The zero-order chi connectivity index (χ0) is 15.3. The van der Waals surface area contributed by atoms with Gasteiger partial charge in [-0.3, -0.25) is 4.79 Å². The van der Waals surface area contributed by atoms with Crippen LogP contribution in [0.3, 0.4) is 0 Å². The quantitative estimate of drug-likeness (QED) is 0.811. The van der Waals surface area contributed by atoms with Crippen molar-refractivity contribution in [1.29, 1.82) is 0 Å². The molecule has 1 amide bonds. The van der Waals surface area contributed by atoms with Gasteiger partial charge >= 0.3 is 0 Å². The summed E-state index contributed by atoms with van der Waals surface area (Å²) in [6.07, 6.45) is 2.35. The fourth-order valence-corrected chi connectivity index (χ4v) is 4.36. The Morgan fingerprint density at radius 3 is 2.38 bits per heavy atom. The molecule has 21 heavy (non-hydrogen) atoms. The minimum absolute atomic E-state index is 0.160. The van der Waals surface area contributed by atoms with Crippen molar-refractivity contribution in [1.82, 2.24) is 5.32 Å². The summed E-state index contributed by atoms with van der Waals surface area (Å²) in [5.74, 6) is 0.259. The van der Waals surface area contributed by atoms with Crippen molar-refractivity contribution in [2.75, 3.05) is 24.6 Å². The monoisotopic (exact) mass is 310 g/mol. The molecule has 0 radical (unpaired) electrons. The van der Waals surface area contributed by atoms with Crippen LogP contribution in [0.2, 0.25) is 0 Å². The molecule has 1 heterocycles. The van der Waals surface area contributed by atoms with E-state index in [1.54, 1.807) is 24.3 Å². The predicted octanol–water partition coefficient (Wildman–Crippen LogP) is 0.742. The molecule has 1 aliphatic rings. The molecular weight excluding hydrogens is 288 g/mol. The minimum Gasteiger partial charge on any atom is -0.366 e. The van der Waals surface area contributed by atoms with E-state index in [9.17, 15) is 13.2 Å². The molecule has 0 aliphatic carbocycles. The van der Waals surface area contributed by atoms with Gasteiger partial charge in [-0.25, -0.2) is 8.42 Å². The fourth-order valence-electron chi connectivity index (χ4n) is 2.60. The summed E-state index contributed by atoms with van der Waals surface area (Å²) in [7, 11) is -3.03. The Labute approximate surface area is 125 Å². The highest BCUT2D eigenvalue weighted by molar-refractivity contribution is 7.91. The number of carbonyl (C=O) groups is 1. The predicted molar refractivity (Wildman–Crippen MR) is 82.9 cm³/mol. The topological polar surface area (TPSA) is 89.3 Å². The summed E-state index contributed by atoms with van der Waals surface area (Å²) >= 11 is 0. The molecule has 1 fully saturated rings. The van der Waals surface area contributed by atoms with E-state index in [1.165, 1.54) is 0 Å². The molecule has 2 rings (SSSR count). The Hall–Kier alpha value is -1.40. The number of benzene rings is 1. The van der Waals surface area contributed by atoms with Crippen molar-refractivity contribution in [3.63, 3.8) is 0 Å². The van der Waals surface area contributed by atoms with Crippen molar-refractivity contribution < 1.29 is 13.2 Å². The number of carbonyl (C=O) groups excluding carboxylic acids is 1. The van der Waals surface area contributed by atoms with E-state index in [-0.39, 0.29) is 17.4 Å². The largest absolute Gasteiger partial charge is 0.366 e. The molecule has 1 aliphatic heterocycles. The van der Waals surface area contributed by atoms with E-state index in [1.807, 2.05) is 0 Å². The molecule has 1 saturated heterocycles. The van der Waals surface area contributed by atoms with Crippen LogP contribution in [0, 0.1) is 5.92 Å². The van der Waals surface area contributed by atoms with Crippen LogP contribution in [0.15, 0.2) is 24.3 Å². The molecule has 1 aromatic carbocycles. The van der Waals surface area contributed by atoms with Gasteiger partial charge in [0.1, 0.15) is 0 Å². The molecule has 6 heteroatoms. The molecule has 1 aromatic rings. The number of hydrogen-bond acceptors (Lipinski definition) is 4. The molecule has 116 valence electrons. The van der Waals surface area contributed by atoms with Crippen LogP contribution >= 0.6 is 0 Å². The molecule has 0 saturated carbocycles. The molecule has 0 spiro atoms. The van der Waals surface area contributed by atoms with Gasteiger partial charge in [-0.05, 0) is 56.0 Å². The Morgan fingerprint density at radius 2 is 1.81 bits per heavy atom. The third-order valence-electron chi connectivity index (χ3n) is 3.89. The zero-order valence-electron chi connectivity index (χ0n) is 12.0. The maximum atomic E-state index is 12.2. The summed E-state index contributed by atoms with van der Waals surface area (Å²) in [4.78, 5) is 11.0. The number of rotatable bonds is 6. The molecular formula is C15H22N2O3S. The summed E-state index contributed by atoms with van der Waals surface area (Å²) in [5.41, 5.74) is 6.52. The van der Waals surface area contributed by atoms with Crippen LogP contribution in [0.1, 0.15) is 28.8 Å². The van der Waals surface area contributed by atoms with Crippen molar-refractivity contribution >= 4 is 15.7 Å². The van der Waals surface area contributed by atoms with Crippen LogP contribution in [0.5, 0.6) is 0 Å². The lowest BCUT2D eigenvalue weighted by Crippen LogP contribution is -2.32. The lowest BCUT2D eigenvalue weighted by atomic mass is 10.0. The first-order chi connectivity index (χ1) is 9.96. The van der Waals surface area contributed by atoms with Gasteiger partial charge in [0.05, 0.1) is 11.5 Å². The molecule has 5 nitrogen and oxygen atoms in total. The summed E-state index contributed by atoms with van der Waals surface area (Å²) < 4.78 is 24.3. The summed E-state index contributed by atoms with van der Waals surface area (Å²) in [5, 5.41) is 3.24. The number of nitrogens with one attached hydrogen (secondary N) is 1. The van der Waals surface area contributed by atoms with E-state index in [2.05, 4.69) is 5.32 Å². The normalized spacial score (nSPS) is 16.8. The fraction of sp³-hybridized carbons (Fsp3) is 0.533. The second kappa shape index (κ2) is 7.04. The van der Waals surface area contributed by atoms with Gasteiger partial charge in [0.25, 0.3) is 0 Å². The highest BCUT2D eigenvalue weighted by Crippen LogP contribution is 2.15. The third kappa shape index (κ3) is 5.13. The standard InChI is InChI=1S/C15H22N2O3S/c16-15(18)14-3-1-12(2-4-14)7-10-21(19,20)11-13-5-8-17-9-6-13/h1-4,13,17H,5-11H2,(H2,16,18). The highest BCUT2D eigenvalue weighted by atomic mass is 32.2. The first-order valence-electron chi connectivity index (χ1n) is 7.26. The smallest absolute Gasteiger partial charge is 0.248 e. The van der Waals surface area contributed by atoms with Crippen LogP contribution < -0.4 is 11.1 Å². The van der Waals surface area contributed by atoms with Crippen LogP contribution in [0.4, 0.5) is 0 Å². The first-order valence-corrected chi connectivity index (χ1v) is 9.08. The van der Waals surface area contributed by atoms with E-state index in [0.29, 0.717) is 12.0 Å². The van der Waals surface area contributed by atoms with Gasteiger partial charge in [0.2, 0.25) is 5.91 Å². The van der Waals surface area contributed by atoms with Crippen molar-refractivity contribution in [3.05, 3.63) is 35.4 Å². The SMILES string of the molecule is NC(=O)c1ccc(CCS(=O)(=O)CC2CCNCC2)cc1. The van der Waals surface area contributed by atoms with Crippen molar-refractivity contribution in [3.8, 4) is 0 Å². The van der Waals surface area contributed by atoms with Crippen LogP contribution in [-0.4, -0.2) is 38.9 Å². The molecule has 0 bridgehead atoms. The maximum Gasteiger partial charge on any atom is 0.248 e. The Balaban J connectivity index is 1.87. The number of primary amides is 1. The van der Waals surface area contributed by atoms with Crippen molar-refractivity contribution in [2.45, 2.75) is 19.3 Å². The average Bonchev–Trinajstić information content (AvgIpc) is 2.46. The van der Waals surface area contributed by atoms with E-state index in [0.717, 1.165) is 31.5 Å². The highest BCUT2D eigenvalue weighted by Gasteiger charge is 2.21. The van der Waals surface area contributed by atoms with Gasteiger partial charge in [-0.15, -0.1) is 0 Å². The van der Waals surface area contributed by atoms with E-state index in [4.69, 9.17) is 5.73 Å². The Kier molecular flexibility index (Phi) is 5.36. The average molecular weight is 310 g/mol. The minimum atomic E-state index is -3.03. The van der Waals surface area contributed by atoms with Gasteiger partial charge in [-0.2, -0.15) is 0 Å². The molecule has 0 unspecified atom stereocenters. The number of piperidine rings is 1. The number of aryl methyl sites for hydroxylation is 1. The van der Waals surface area contributed by atoms with Gasteiger partial charge in [0, 0.05) is 5.56 Å². The Morgan fingerprint density at radius 1 is 1.19 bits per heavy atom. The van der Waals surface area contributed by atoms with E-state index < -0.39 is 15.7 Å². The third-order valence-corrected chi connectivity index (χ3v) is 5.69. The molecule has 3 N–H and O–H groups in total. The number of nitrogens with two attached hydrogens (primary N) is 1.